The molecule has 2 aromatic rings. The van der Waals surface area contributed by atoms with E-state index in [1.807, 2.05) is 13.0 Å². The molecule has 6 nitrogen and oxygen atoms in total. The van der Waals surface area contributed by atoms with Crippen LogP contribution in [0.5, 0.6) is 0 Å². The summed E-state index contributed by atoms with van der Waals surface area (Å²) < 4.78 is 10.9. The number of hydrogen-bond donors (Lipinski definition) is 2. The van der Waals surface area contributed by atoms with Gasteiger partial charge < -0.3 is 19.9 Å². The first-order valence-corrected chi connectivity index (χ1v) is 9.75. The third-order valence-corrected chi connectivity index (χ3v) is 4.59. The van der Waals surface area contributed by atoms with E-state index in [1.54, 1.807) is 7.05 Å². The van der Waals surface area contributed by atoms with Gasteiger partial charge in [0.15, 0.2) is 11.7 Å². The second kappa shape index (κ2) is 13.5. The number of aliphatic imine (C=N–C) groups is 1. The van der Waals surface area contributed by atoms with E-state index >= 15 is 0 Å². The smallest absolute Gasteiger partial charge is 0.191 e. The molecule has 1 aromatic carbocycles. The molecule has 156 valence electrons. The fourth-order valence-corrected chi connectivity index (χ4v) is 2.86. The van der Waals surface area contributed by atoms with Gasteiger partial charge in [-0.2, -0.15) is 0 Å². The first-order chi connectivity index (χ1) is 13.2. The molecule has 0 unspecified atom stereocenters. The van der Waals surface area contributed by atoms with Gasteiger partial charge in [0.1, 0.15) is 0 Å². The highest BCUT2D eigenvalue weighted by atomic mass is 127. The van der Waals surface area contributed by atoms with Crippen LogP contribution in [0.25, 0.3) is 0 Å². The van der Waals surface area contributed by atoms with Crippen LogP contribution in [-0.2, 0) is 24.4 Å². The third-order valence-electron chi connectivity index (χ3n) is 4.59. The molecule has 0 bridgehead atoms. The molecule has 0 spiro atoms. The number of rotatable bonds is 10. The van der Waals surface area contributed by atoms with Gasteiger partial charge in [0, 0.05) is 32.2 Å². The topological polar surface area (TPSA) is 71.7 Å². The van der Waals surface area contributed by atoms with Gasteiger partial charge in [-0.15, -0.1) is 24.0 Å². The van der Waals surface area contributed by atoms with E-state index in [-0.39, 0.29) is 24.0 Å². The van der Waals surface area contributed by atoms with Crippen LogP contribution in [-0.4, -0.2) is 24.8 Å². The van der Waals surface area contributed by atoms with Crippen molar-refractivity contribution in [3.63, 3.8) is 0 Å². The minimum Gasteiger partial charge on any atom is -0.377 e. The molecule has 0 radical (unpaired) electrons. The Morgan fingerprint density at radius 2 is 1.71 bits per heavy atom. The number of ether oxygens (including phenoxy) is 1. The number of hydrogen-bond acceptors (Lipinski definition) is 4. The van der Waals surface area contributed by atoms with Gasteiger partial charge in [-0.05, 0) is 30.9 Å². The van der Waals surface area contributed by atoms with Crippen LogP contribution in [0.3, 0.4) is 0 Å². The minimum atomic E-state index is 0. The lowest BCUT2D eigenvalue weighted by Gasteiger charge is -2.11. The maximum atomic E-state index is 5.45. The van der Waals surface area contributed by atoms with E-state index in [9.17, 15) is 0 Å². The van der Waals surface area contributed by atoms with Crippen LogP contribution in [0.15, 0.2) is 39.8 Å². The molecule has 0 saturated heterocycles. The molecular weight excluding hydrogens is 467 g/mol. The molecule has 0 aliphatic carbocycles. The Labute approximate surface area is 185 Å². The predicted molar refractivity (Wildman–Crippen MR) is 124 cm³/mol. The van der Waals surface area contributed by atoms with E-state index in [1.165, 1.54) is 11.1 Å². The highest BCUT2D eigenvalue weighted by Gasteiger charge is 2.13. The van der Waals surface area contributed by atoms with Gasteiger partial charge in [0.2, 0.25) is 0 Å². The molecule has 0 atom stereocenters. The number of halogens is 1. The maximum Gasteiger partial charge on any atom is 0.191 e. The van der Waals surface area contributed by atoms with Gasteiger partial charge in [0.05, 0.1) is 18.8 Å². The molecule has 0 aliphatic heterocycles. The van der Waals surface area contributed by atoms with Gasteiger partial charge in [-0.3, -0.25) is 4.99 Å². The van der Waals surface area contributed by atoms with Crippen molar-refractivity contribution in [2.45, 2.75) is 59.2 Å². The number of benzene rings is 1. The Hall–Kier alpha value is -1.61. The van der Waals surface area contributed by atoms with Crippen LogP contribution >= 0.6 is 24.0 Å². The summed E-state index contributed by atoms with van der Waals surface area (Å²) in [6, 6.07) is 10.4. The van der Waals surface area contributed by atoms with E-state index in [0.29, 0.717) is 25.6 Å². The van der Waals surface area contributed by atoms with Gasteiger partial charge in [-0.25, -0.2) is 0 Å². The summed E-state index contributed by atoms with van der Waals surface area (Å²) in [4.78, 5) is 4.26. The average Bonchev–Trinajstić information content (AvgIpc) is 3.17. The van der Waals surface area contributed by atoms with Crippen molar-refractivity contribution in [1.82, 2.24) is 15.8 Å². The summed E-state index contributed by atoms with van der Waals surface area (Å²) in [5.41, 5.74) is 3.41. The molecule has 1 aromatic heterocycles. The Balaban J connectivity index is 0.00000392. The molecule has 2 N–H and O–H groups in total. The zero-order valence-corrected chi connectivity index (χ0v) is 19.7. The third kappa shape index (κ3) is 7.79. The van der Waals surface area contributed by atoms with Crippen molar-refractivity contribution in [2.75, 3.05) is 13.7 Å². The van der Waals surface area contributed by atoms with Gasteiger partial charge in [-0.1, -0.05) is 43.3 Å². The minimum absolute atomic E-state index is 0. The average molecular weight is 500 g/mol. The molecule has 0 saturated carbocycles. The number of guanidine groups is 1. The fourth-order valence-electron chi connectivity index (χ4n) is 2.86. The first kappa shape index (κ1) is 24.4. The zero-order valence-electron chi connectivity index (χ0n) is 17.3. The lowest BCUT2D eigenvalue weighted by Crippen LogP contribution is -2.36. The highest BCUT2D eigenvalue weighted by Crippen LogP contribution is 2.22. The van der Waals surface area contributed by atoms with Crippen molar-refractivity contribution in [2.24, 2.45) is 4.99 Å². The van der Waals surface area contributed by atoms with Crippen molar-refractivity contribution < 1.29 is 9.26 Å². The van der Waals surface area contributed by atoms with Crippen LogP contribution in [0.2, 0.25) is 0 Å². The normalized spacial score (nSPS) is 11.4. The molecular formula is C21H33IN4O2. The Kier molecular flexibility index (Phi) is 11.8. The number of nitrogens with one attached hydrogen (secondary N) is 2. The van der Waals surface area contributed by atoms with Crippen molar-refractivity contribution in [3.8, 4) is 0 Å². The SMILES string of the molecule is CCOCc1ccc(CNC(=NC)NCc2cc(C(CC)CC)no2)cc1.I. The molecule has 0 fully saturated rings. The van der Waals surface area contributed by atoms with Crippen molar-refractivity contribution in [1.29, 1.82) is 0 Å². The molecule has 0 amide bonds. The molecule has 1 heterocycles. The lowest BCUT2D eigenvalue weighted by molar-refractivity contribution is 0.134. The van der Waals surface area contributed by atoms with Crippen LogP contribution in [0, 0.1) is 0 Å². The maximum absolute atomic E-state index is 5.45. The zero-order chi connectivity index (χ0) is 19.5. The molecule has 28 heavy (non-hydrogen) atoms. The highest BCUT2D eigenvalue weighted by molar-refractivity contribution is 14.0. The van der Waals surface area contributed by atoms with E-state index in [0.717, 1.165) is 36.9 Å². The van der Waals surface area contributed by atoms with Gasteiger partial charge in [0.25, 0.3) is 0 Å². The van der Waals surface area contributed by atoms with Crippen molar-refractivity contribution in [3.05, 3.63) is 52.9 Å². The van der Waals surface area contributed by atoms with Gasteiger partial charge >= 0.3 is 0 Å². The Morgan fingerprint density at radius 1 is 1.07 bits per heavy atom. The molecule has 0 aliphatic rings. The molecule has 2 rings (SSSR count). The summed E-state index contributed by atoms with van der Waals surface area (Å²) in [6.07, 6.45) is 2.14. The summed E-state index contributed by atoms with van der Waals surface area (Å²) in [5, 5.41) is 10.8. The Bertz CT molecular complexity index is 697. The predicted octanol–water partition coefficient (Wildman–Crippen LogP) is 4.60. The van der Waals surface area contributed by atoms with E-state index in [4.69, 9.17) is 9.26 Å². The first-order valence-electron chi connectivity index (χ1n) is 9.75. The number of aromatic nitrogens is 1. The second-order valence-electron chi connectivity index (χ2n) is 6.46. The van der Waals surface area contributed by atoms with E-state index < -0.39 is 0 Å². The molecule has 7 heteroatoms. The second-order valence-corrected chi connectivity index (χ2v) is 6.46. The lowest BCUT2D eigenvalue weighted by atomic mass is 9.99. The fraction of sp³-hybridized carbons (Fsp3) is 0.524. The summed E-state index contributed by atoms with van der Waals surface area (Å²) in [6.45, 7) is 9.00. The summed E-state index contributed by atoms with van der Waals surface area (Å²) in [5.74, 6) is 2.01. The van der Waals surface area contributed by atoms with Crippen LogP contribution in [0.1, 0.15) is 62.1 Å². The standard InChI is InChI=1S/C21H32N4O2.HI/c1-5-18(6-2)20-12-19(27-25-20)14-24-21(22-4)23-13-16-8-10-17(11-9-16)15-26-7-3;/h8-12,18H,5-7,13-15H2,1-4H3,(H2,22,23,24);1H. The quantitative estimate of drug-likeness (QED) is 0.284. The monoisotopic (exact) mass is 500 g/mol. The van der Waals surface area contributed by atoms with Crippen molar-refractivity contribution >= 4 is 29.9 Å². The Morgan fingerprint density at radius 3 is 2.32 bits per heavy atom. The largest absolute Gasteiger partial charge is 0.377 e. The van der Waals surface area contributed by atoms with E-state index in [2.05, 4.69) is 58.9 Å². The summed E-state index contributed by atoms with van der Waals surface area (Å²) >= 11 is 0. The summed E-state index contributed by atoms with van der Waals surface area (Å²) in [7, 11) is 1.76. The number of nitrogens with zero attached hydrogens (tertiary/aromatic N) is 2. The van der Waals surface area contributed by atoms with Crippen LogP contribution < -0.4 is 10.6 Å². The van der Waals surface area contributed by atoms with Crippen LogP contribution in [0.4, 0.5) is 0 Å².